The topological polar surface area (TPSA) is 113 Å². The van der Waals surface area contributed by atoms with Crippen molar-refractivity contribution in [3.8, 4) is 0 Å². The fraction of sp³-hybridized carbons (Fsp3) is 0.345. The molecule has 0 unspecified atom stereocenters. The Morgan fingerprint density at radius 1 is 0.718 bits per heavy atom. The molecular formula is C29H34O8S2. The molecule has 0 fully saturated rings. The van der Waals surface area contributed by atoms with Crippen LogP contribution in [0.2, 0.25) is 0 Å². The average molecular weight is 575 g/mol. The molecule has 0 heterocycles. The Balaban J connectivity index is 2.03. The maximum atomic E-state index is 13.3. The zero-order chi connectivity index (χ0) is 28.8. The van der Waals surface area contributed by atoms with Crippen LogP contribution >= 0.6 is 0 Å². The lowest BCUT2D eigenvalue weighted by Crippen LogP contribution is -2.31. The summed E-state index contributed by atoms with van der Waals surface area (Å²) in [6.45, 7) is 8.77. The molecular weight excluding hydrogens is 540 g/mol. The van der Waals surface area contributed by atoms with Crippen LogP contribution in [0.5, 0.6) is 0 Å². The smallest absolute Gasteiger partial charge is 0.306 e. The van der Waals surface area contributed by atoms with Gasteiger partial charge in [-0.25, -0.2) is 0 Å². The van der Waals surface area contributed by atoms with E-state index in [2.05, 4.69) is 0 Å². The van der Waals surface area contributed by atoms with Gasteiger partial charge in [0.2, 0.25) is 0 Å². The number of rotatable bonds is 11. The molecule has 0 aliphatic rings. The van der Waals surface area contributed by atoms with Crippen molar-refractivity contribution < 1.29 is 34.7 Å². The van der Waals surface area contributed by atoms with Gasteiger partial charge >= 0.3 is 5.97 Å². The van der Waals surface area contributed by atoms with Gasteiger partial charge in [-0.05, 0) is 70.9 Å². The number of esters is 1. The van der Waals surface area contributed by atoms with Crippen LogP contribution in [0.25, 0.3) is 0 Å². The molecule has 210 valence electrons. The predicted octanol–water partition coefficient (Wildman–Crippen LogP) is 5.65. The molecule has 2 atom stereocenters. The Labute approximate surface area is 231 Å². The Bertz CT molecular complexity index is 1460. The highest BCUT2D eigenvalue weighted by Crippen LogP contribution is 2.33. The maximum Gasteiger partial charge on any atom is 0.306 e. The van der Waals surface area contributed by atoms with Crippen LogP contribution in [0.1, 0.15) is 56.4 Å². The van der Waals surface area contributed by atoms with E-state index in [4.69, 9.17) is 13.1 Å². The van der Waals surface area contributed by atoms with Crippen LogP contribution in [-0.2, 0) is 38.1 Å². The third kappa shape index (κ3) is 8.99. The number of hydrogen-bond acceptors (Lipinski definition) is 8. The van der Waals surface area contributed by atoms with Crippen LogP contribution in [0, 0.1) is 13.8 Å². The number of carbonyl (C=O) groups excluding carboxylic acids is 1. The van der Waals surface area contributed by atoms with E-state index in [1.165, 1.54) is 24.3 Å². The summed E-state index contributed by atoms with van der Waals surface area (Å²) in [5.74, 6) is -0.586. The number of carbonyl (C=O) groups is 1. The van der Waals surface area contributed by atoms with Gasteiger partial charge in [0.25, 0.3) is 20.2 Å². The van der Waals surface area contributed by atoms with Crippen LogP contribution < -0.4 is 0 Å². The molecule has 0 aromatic heterocycles. The molecule has 0 radical (unpaired) electrons. The molecule has 39 heavy (non-hydrogen) atoms. The number of hydrogen-bond donors (Lipinski definition) is 0. The summed E-state index contributed by atoms with van der Waals surface area (Å²) in [7, 11) is -8.72. The Kier molecular flexibility index (Phi) is 9.71. The summed E-state index contributed by atoms with van der Waals surface area (Å²) in [6.07, 6.45) is -3.20. The summed E-state index contributed by atoms with van der Waals surface area (Å²) in [6, 6.07) is 20.4. The highest BCUT2D eigenvalue weighted by Gasteiger charge is 2.35. The first-order chi connectivity index (χ1) is 18.2. The second-order valence-electron chi connectivity index (χ2n) is 10.2. The normalized spacial score (nSPS) is 14.0. The summed E-state index contributed by atoms with van der Waals surface area (Å²) >= 11 is 0. The first-order valence-electron chi connectivity index (χ1n) is 12.4. The van der Waals surface area contributed by atoms with Gasteiger partial charge in [-0.15, -0.1) is 0 Å². The largest absolute Gasteiger partial charge is 0.460 e. The van der Waals surface area contributed by atoms with Gasteiger partial charge in [0, 0.05) is 6.42 Å². The summed E-state index contributed by atoms with van der Waals surface area (Å²) in [4.78, 5) is 12.3. The zero-order valence-electron chi connectivity index (χ0n) is 22.7. The molecule has 10 heteroatoms. The van der Waals surface area contributed by atoms with Gasteiger partial charge in [0.15, 0.2) is 0 Å². The quantitative estimate of drug-likeness (QED) is 0.213. The van der Waals surface area contributed by atoms with Crippen molar-refractivity contribution in [3.05, 3.63) is 95.6 Å². The molecule has 0 saturated carbocycles. The molecule has 8 nitrogen and oxygen atoms in total. The minimum Gasteiger partial charge on any atom is -0.460 e. The lowest BCUT2D eigenvalue weighted by Gasteiger charge is -2.27. The van der Waals surface area contributed by atoms with Gasteiger partial charge < -0.3 is 4.74 Å². The van der Waals surface area contributed by atoms with Crippen molar-refractivity contribution in [2.24, 2.45) is 0 Å². The first kappa shape index (κ1) is 30.5. The predicted molar refractivity (Wildman–Crippen MR) is 147 cm³/mol. The van der Waals surface area contributed by atoms with E-state index in [1.807, 2.05) is 13.8 Å². The molecule has 0 amide bonds. The van der Waals surface area contributed by atoms with Crippen molar-refractivity contribution >= 4 is 26.2 Å². The van der Waals surface area contributed by atoms with Crippen LogP contribution in [0.15, 0.2) is 88.7 Å². The first-order valence-corrected chi connectivity index (χ1v) is 15.2. The summed E-state index contributed by atoms with van der Waals surface area (Å²) in [5.41, 5.74) is 1.31. The fourth-order valence-electron chi connectivity index (χ4n) is 3.70. The van der Waals surface area contributed by atoms with E-state index in [0.717, 1.165) is 11.1 Å². The number of ether oxygens (including phenoxy) is 1. The van der Waals surface area contributed by atoms with Gasteiger partial charge in [0.05, 0.1) is 9.79 Å². The van der Waals surface area contributed by atoms with E-state index in [0.29, 0.717) is 5.56 Å². The summed E-state index contributed by atoms with van der Waals surface area (Å²) < 4.78 is 69.9. The third-order valence-electron chi connectivity index (χ3n) is 5.62. The minimum absolute atomic E-state index is 0.0960. The molecule has 0 saturated heterocycles. The molecule has 0 bridgehead atoms. The number of benzene rings is 3. The second kappa shape index (κ2) is 12.4. The standard InChI is InChI=1S/C29H34O8S2/c1-21-11-15-24(16-12-21)38(31,32)36-26(19-20-27(30)35-29(3,4)5)28(23-9-7-6-8-10-23)37-39(33,34)25-17-13-22(2)14-18-25/h6-18,26,28H,19-20H2,1-5H3/t26-,28-/m1/s1. The van der Waals surface area contributed by atoms with Crippen molar-refractivity contribution in [2.75, 3.05) is 0 Å². The van der Waals surface area contributed by atoms with Crippen LogP contribution in [0.4, 0.5) is 0 Å². The average Bonchev–Trinajstić information content (AvgIpc) is 2.85. The van der Waals surface area contributed by atoms with E-state index in [9.17, 15) is 21.6 Å². The lowest BCUT2D eigenvalue weighted by molar-refractivity contribution is -0.155. The Morgan fingerprint density at radius 3 is 1.64 bits per heavy atom. The van der Waals surface area contributed by atoms with Crippen molar-refractivity contribution in [1.29, 1.82) is 0 Å². The van der Waals surface area contributed by atoms with Gasteiger partial charge in [-0.3, -0.25) is 13.2 Å². The van der Waals surface area contributed by atoms with Gasteiger partial charge in [-0.2, -0.15) is 16.8 Å². The Morgan fingerprint density at radius 2 is 1.18 bits per heavy atom. The van der Waals surface area contributed by atoms with E-state index >= 15 is 0 Å². The molecule has 3 aromatic rings. The highest BCUT2D eigenvalue weighted by molar-refractivity contribution is 7.87. The van der Waals surface area contributed by atoms with Gasteiger partial charge in [0.1, 0.15) is 17.8 Å². The van der Waals surface area contributed by atoms with Crippen molar-refractivity contribution in [1.82, 2.24) is 0 Å². The summed E-state index contributed by atoms with van der Waals surface area (Å²) in [5, 5.41) is 0. The minimum atomic E-state index is -4.37. The van der Waals surface area contributed by atoms with Crippen LogP contribution in [0.3, 0.4) is 0 Å². The molecule has 0 aliphatic carbocycles. The molecule has 3 aromatic carbocycles. The van der Waals surface area contributed by atoms with Crippen molar-refractivity contribution in [3.63, 3.8) is 0 Å². The van der Waals surface area contributed by atoms with E-state index in [-0.39, 0.29) is 22.6 Å². The van der Waals surface area contributed by atoms with Crippen LogP contribution in [-0.4, -0.2) is 34.5 Å². The molecule has 0 aliphatic heterocycles. The monoisotopic (exact) mass is 574 g/mol. The lowest BCUT2D eigenvalue weighted by atomic mass is 10.0. The third-order valence-corrected chi connectivity index (χ3v) is 8.28. The molecule has 0 spiro atoms. The number of aryl methyl sites for hydroxylation is 2. The van der Waals surface area contributed by atoms with E-state index in [1.54, 1.807) is 75.4 Å². The Hall–Kier alpha value is -3.05. The van der Waals surface area contributed by atoms with Crippen molar-refractivity contribution in [2.45, 2.75) is 75.1 Å². The fourth-order valence-corrected chi connectivity index (χ4v) is 5.89. The molecule has 3 rings (SSSR count). The highest BCUT2D eigenvalue weighted by atomic mass is 32.2. The zero-order valence-corrected chi connectivity index (χ0v) is 24.3. The maximum absolute atomic E-state index is 13.3. The SMILES string of the molecule is Cc1ccc(S(=O)(=O)O[C@H](c2ccccc2)[C@@H](CCC(=O)OC(C)(C)C)OS(=O)(=O)c2ccc(C)cc2)cc1. The van der Waals surface area contributed by atoms with E-state index < -0.39 is 44.0 Å². The molecule has 0 N–H and O–H groups in total. The van der Waals surface area contributed by atoms with Gasteiger partial charge in [-0.1, -0.05) is 65.7 Å². The second-order valence-corrected chi connectivity index (χ2v) is 13.4.